The maximum Gasteiger partial charge on any atom is 0.137 e. The summed E-state index contributed by atoms with van der Waals surface area (Å²) >= 11 is 0. The van der Waals surface area contributed by atoms with E-state index in [1.54, 1.807) is 0 Å². The van der Waals surface area contributed by atoms with Crippen molar-refractivity contribution in [3.05, 3.63) is 115 Å². The molecule has 0 fully saturated rings. The average molecular weight is 494 g/mol. The molecule has 4 aromatic heterocycles. The quantitative estimate of drug-likeness (QED) is 0.248. The van der Waals surface area contributed by atoms with Crippen LogP contribution < -0.4 is 4.74 Å². The molecule has 8 rings (SSSR count). The van der Waals surface area contributed by atoms with Crippen LogP contribution in [-0.2, 0) is 5.41 Å². The van der Waals surface area contributed by atoms with Gasteiger partial charge < -0.3 is 9.15 Å². The second-order valence-electron chi connectivity index (χ2n) is 10.3. The summed E-state index contributed by atoms with van der Waals surface area (Å²) in [6.45, 7) is 4.38. The highest BCUT2D eigenvalue weighted by Gasteiger charge is 2.41. The van der Waals surface area contributed by atoms with Crippen molar-refractivity contribution in [1.29, 1.82) is 0 Å². The molecule has 0 bridgehead atoms. The number of hydrogen-bond acceptors (Lipinski definition) is 4. The maximum atomic E-state index is 6.45. The van der Waals surface area contributed by atoms with Gasteiger partial charge >= 0.3 is 0 Å². The predicted octanol–water partition coefficient (Wildman–Crippen LogP) is 8.42. The van der Waals surface area contributed by atoms with Crippen molar-refractivity contribution in [2.75, 3.05) is 0 Å². The minimum atomic E-state index is -0.233. The van der Waals surface area contributed by atoms with Crippen LogP contribution in [0.3, 0.4) is 0 Å². The number of benzene rings is 3. The van der Waals surface area contributed by atoms with Crippen LogP contribution in [0.15, 0.2) is 108 Å². The smallest absolute Gasteiger partial charge is 0.137 e. The van der Waals surface area contributed by atoms with Gasteiger partial charge in [0.2, 0.25) is 0 Å². The first kappa shape index (κ1) is 21.2. The van der Waals surface area contributed by atoms with Gasteiger partial charge in [0, 0.05) is 34.6 Å². The summed E-state index contributed by atoms with van der Waals surface area (Å²) < 4.78 is 15.0. The fourth-order valence-electron chi connectivity index (χ4n) is 5.93. The summed E-state index contributed by atoms with van der Waals surface area (Å²) in [7, 11) is 0. The Morgan fingerprint density at radius 2 is 1.50 bits per heavy atom. The Morgan fingerprint density at radius 3 is 2.39 bits per heavy atom. The van der Waals surface area contributed by atoms with Crippen LogP contribution in [-0.4, -0.2) is 14.5 Å². The SMILES string of the molecule is CC1(C)c2cccnc2-c2c1oc1ccc(Oc3ccc4c5ccccc5n(-c5ccccn5)c4c3)cc21. The lowest BCUT2D eigenvalue weighted by atomic mass is 9.87. The molecule has 5 heteroatoms. The molecule has 0 saturated heterocycles. The minimum Gasteiger partial charge on any atom is -0.459 e. The van der Waals surface area contributed by atoms with Gasteiger partial charge in [-0.25, -0.2) is 4.98 Å². The summed E-state index contributed by atoms with van der Waals surface area (Å²) in [5, 5.41) is 3.36. The monoisotopic (exact) mass is 493 g/mol. The van der Waals surface area contributed by atoms with Crippen molar-refractivity contribution in [2.24, 2.45) is 0 Å². The molecule has 0 unspecified atom stereocenters. The van der Waals surface area contributed by atoms with Gasteiger partial charge in [-0.2, -0.15) is 0 Å². The van der Waals surface area contributed by atoms with Gasteiger partial charge in [0.15, 0.2) is 0 Å². The van der Waals surface area contributed by atoms with Crippen LogP contribution in [0.4, 0.5) is 0 Å². The first-order valence-electron chi connectivity index (χ1n) is 12.7. The molecule has 5 nitrogen and oxygen atoms in total. The first-order chi connectivity index (χ1) is 18.6. The predicted molar refractivity (Wildman–Crippen MR) is 150 cm³/mol. The average Bonchev–Trinajstić information content (AvgIpc) is 3.56. The minimum absolute atomic E-state index is 0.233. The van der Waals surface area contributed by atoms with E-state index in [1.807, 2.05) is 54.9 Å². The van der Waals surface area contributed by atoms with E-state index in [9.17, 15) is 0 Å². The standard InChI is InChI=1S/C33H23N3O2/c1-33(2)25-9-7-17-35-31(25)30-24-18-20(13-15-28(24)38-32(30)33)37-21-12-14-23-22-8-3-4-10-26(22)36(27(23)19-21)29-11-5-6-16-34-29/h3-19H,1-2H3. The van der Waals surface area contributed by atoms with E-state index in [0.717, 1.165) is 61.7 Å². The van der Waals surface area contributed by atoms with Crippen LogP contribution in [0.1, 0.15) is 25.2 Å². The Kier molecular flexibility index (Phi) is 4.22. The third-order valence-corrected chi connectivity index (χ3v) is 7.70. The second kappa shape index (κ2) is 7.56. The van der Waals surface area contributed by atoms with Crippen molar-refractivity contribution in [2.45, 2.75) is 19.3 Å². The van der Waals surface area contributed by atoms with E-state index in [1.165, 1.54) is 10.9 Å². The summed E-state index contributed by atoms with van der Waals surface area (Å²) in [5.74, 6) is 3.35. The summed E-state index contributed by atoms with van der Waals surface area (Å²) in [6, 6.07) is 30.8. The molecule has 0 radical (unpaired) electrons. The largest absolute Gasteiger partial charge is 0.459 e. The van der Waals surface area contributed by atoms with Crippen molar-refractivity contribution in [3.8, 4) is 28.6 Å². The van der Waals surface area contributed by atoms with Gasteiger partial charge in [0.25, 0.3) is 0 Å². The van der Waals surface area contributed by atoms with Crippen LogP contribution >= 0.6 is 0 Å². The lowest BCUT2D eigenvalue weighted by Gasteiger charge is -2.17. The van der Waals surface area contributed by atoms with E-state index in [0.29, 0.717) is 0 Å². The molecular weight excluding hydrogens is 470 g/mol. The second-order valence-corrected chi connectivity index (χ2v) is 10.3. The van der Waals surface area contributed by atoms with E-state index >= 15 is 0 Å². The van der Waals surface area contributed by atoms with Crippen LogP contribution in [0.25, 0.3) is 49.9 Å². The Labute approximate surface area is 219 Å². The lowest BCUT2D eigenvalue weighted by molar-refractivity contribution is 0.463. The third-order valence-electron chi connectivity index (χ3n) is 7.70. The molecule has 0 N–H and O–H groups in total. The number of rotatable bonds is 3. The summed E-state index contributed by atoms with van der Waals surface area (Å²) in [4.78, 5) is 9.35. The Hall–Kier alpha value is -4.90. The number of hydrogen-bond donors (Lipinski definition) is 0. The molecule has 1 aliphatic carbocycles. The van der Waals surface area contributed by atoms with Crippen molar-refractivity contribution in [1.82, 2.24) is 14.5 Å². The number of aromatic nitrogens is 3. The highest BCUT2D eigenvalue weighted by Crippen LogP contribution is 2.52. The first-order valence-corrected chi connectivity index (χ1v) is 12.7. The van der Waals surface area contributed by atoms with E-state index in [4.69, 9.17) is 14.1 Å². The van der Waals surface area contributed by atoms with E-state index in [-0.39, 0.29) is 5.41 Å². The number of furan rings is 1. The van der Waals surface area contributed by atoms with Crippen molar-refractivity contribution >= 4 is 32.8 Å². The number of para-hydroxylation sites is 1. The van der Waals surface area contributed by atoms with Gasteiger partial charge in [0.05, 0.1) is 27.7 Å². The highest BCUT2D eigenvalue weighted by molar-refractivity contribution is 6.09. The fraction of sp³-hybridized carbons (Fsp3) is 0.0909. The van der Waals surface area contributed by atoms with Gasteiger partial charge in [0.1, 0.15) is 28.7 Å². The third kappa shape index (κ3) is 2.87. The molecule has 0 atom stereocenters. The molecule has 0 saturated carbocycles. The number of fused-ring (bicyclic) bond motifs is 8. The lowest BCUT2D eigenvalue weighted by Crippen LogP contribution is -2.14. The van der Waals surface area contributed by atoms with Gasteiger partial charge in [-0.1, -0.05) is 30.3 Å². The highest BCUT2D eigenvalue weighted by atomic mass is 16.5. The number of pyridine rings is 2. The molecular formula is C33H23N3O2. The Morgan fingerprint density at radius 1 is 0.711 bits per heavy atom. The van der Waals surface area contributed by atoms with Crippen LogP contribution in [0.5, 0.6) is 11.5 Å². The number of nitrogens with zero attached hydrogens (tertiary/aromatic N) is 3. The van der Waals surface area contributed by atoms with Crippen LogP contribution in [0.2, 0.25) is 0 Å². The van der Waals surface area contributed by atoms with Crippen molar-refractivity contribution in [3.63, 3.8) is 0 Å². The fourth-order valence-corrected chi connectivity index (χ4v) is 5.93. The molecule has 0 aliphatic heterocycles. The molecule has 4 heterocycles. The zero-order valence-corrected chi connectivity index (χ0v) is 21.0. The molecule has 0 amide bonds. The summed E-state index contributed by atoms with van der Waals surface area (Å²) in [5.41, 5.74) is 6.02. The molecule has 7 aromatic rings. The van der Waals surface area contributed by atoms with E-state index < -0.39 is 0 Å². The zero-order valence-electron chi connectivity index (χ0n) is 21.0. The molecule has 38 heavy (non-hydrogen) atoms. The molecule has 182 valence electrons. The summed E-state index contributed by atoms with van der Waals surface area (Å²) in [6.07, 6.45) is 3.67. The number of ether oxygens (including phenoxy) is 1. The maximum absolute atomic E-state index is 6.45. The van der Waals surface area contributed by atoms with E-state index in [2.05, 4.69) is 71.9 Å². The molecule has 0 spiro atoms. The van der Waals surface area contributed by atoms with Crippen molar-refractivity contribution < 1.29 is 9.15 Å². The zero-order chi connectivity index (χ0) is 25.4. The molecule has 1 aliphatic rings. The van der Waals surface area contributed by atoms with Crippen LogP contribution in [0, 0.1) is 0 Å². The van der Waals surface area contributed by atoms with Gasteiger partial charge in [-0.05, 0) is 74.0 Å². The Bertz CT molecular complexity index is 2030. The molecule has 3 aromatic carbocycles. The normalized spacial score (nSPS) is 13.7. The topological polar surface area (TPSA) is 53.1 Å². The van der Waals surface area contributed by atoms with Gasteiger partial charge in [-0.15, -0.1) is 0 Å². The Balaban J connectivity index is 1.27. The van der Waals surface area contributed by atoms with Gasteiger partial charge in [-0.3, -0.25) is 9.55 Å².